The molecule has 5 heteroatoms. The molecule has 0 aliphatic heterocycles. The lowest BCUT2D eigenvalue weighted by molar-refractivity contribution is -0.120. The van der Waals surface area contributed by atoms with Crippen molar-refractivity contribution in [2.24, 2.45) is 5.84 Å². The van der Waals surface area contributed by atoms with Crippen LogP contribution >= 0.6 is 12.4 Å². The number of nitrogens with two attached hydrogens (primary N) is 1. The molecule has 1 aromatic rings. The van der Waals surface area contributed by atoms with Gasteiger partial charge in [-0.1, -0.05) is 24.3 Å². The second-order valence-corrected chi connectivity index (χ2v) is 3.28. The summed E-state index contributed by atoms with van der Waals surface area (Å²) in [5, 5.41) is 0. The summed E-state index contributed by atoms with van der Waals surface area (Å²) in [6.07, 6.45) is 2.79. The van der Waals surface area contributed by atoms with Crippen LogP contribution in [0.1, 0.15) is 12.0 Å². The highest BCUT2D eigenvalue weighted by atomic mass is 35.5. The molecule has 3 N–H and O–H groups in total. The van der Waals surface area contributed by atoms with Gasteiger partial charge in [0.2, 0.25) is 5.91 Å². The summed E-state index contributed by atoms with van der Waals surface area (Å²) in [5.74, 6) is 5.52. The first-order valence-corrected chi connectivity index (χ1v) is 5.09. The van der Waals surface area contributed by atoms with E-state index in [1.807, 2.05) is 24.3 Å². The number of hydrogen-bond donors (Lipinski definition) is 2. The Morgan fingerprint density at radius 2 is 2.18 bits per heavy atom. The van der Waals surface area contributed by atoms with Gasteiger partial charge in [0.05, 0.1) is 13.0 Å². The van der Waals surface area contributed by atoms with Crippen molar-refractivity contribution in [1.29, 1.82) is 0 Å². The van der Waals surface area contributed by atoms with Crippen LogP contribution in [0.2, 0.25) is 0 Å². The van der Waals surface area contributed by atoms with Crippen molar-refractivity contribution < 1.29 is 9.53 Å². The van der Waals surface area contributed by atoms with Gasteiger partial charge >= 0.3 is 0 Å². The van der Waals surface area contributed by atoms with Crippen molar-refractivity contribution in [3.05, 3.63) is 42.5 Å². The molecule has 0 saturated heterocycles. The summed E-state index contributed by atoms with van der Waals surface area (Å²) in [6, 6.07) is 7.41. The number of ether oxygens (including phenoxy) is 1. The summed E-state index contributed by atoms with van der Waals surface area (Å²) >= 11 is 0. The lowest BCUT2D eigenvalue weighted by Crippen LogP contribution is -2.31. The Morgan fingerprint density at radius 1 is 1.47 bits per heavy atom. The predicted octanol–water partition coefficient (Wildman–Crippen LogP) is 1.60. The van der Waals surface area contributed by atoms with Crippen molar-refractivity contribution >= 4 is 18.3 Å². The van der Waals surface area contributed by atoms with E-state index in [2.05, 4.69) is 12.0 Å². The zero-order valence-corrected chi connectivity index (χ0v) is 10.3. The van der Waals surface area contributed by atoms with Gasteiger partial charge < -0.3 is 4.74 Å². The number of halogens is 1. The molecule has 0 aliphatic carbocycles. The smallest absolute Gasteiger partial charge is 0.238 e. The van der Waals surface area contributed by atoms with Crippen LogP contribution in [0.3, 0.4) is 0 Å². The second-order valence-electron chi connectivity index (χ2n) is 3.28. The molecule has 94 valence electrons. The summed E-state index contributed by atoms with van der Waals surface area (Å²) in [7, 11) is 0. The Balaban J connectivity index is 0.00000256. The SMILES string of the molecule is C=CCCOc1ccccc1CC(=O)NN.Cl. The molecule has 0 radical (unpaired) electrons. The standard InChI is InChI=1S/C12H16N2O2.ClH/c1-2-3-8-16-11-7-5-4-6-10(11)9-12(15)14-13;/h2,4-7H,1,3,8-9,13H2,(H,14,15);1H. The average Bonchev–Trinajstić information content (AvgIpc) is 2.31. The summed E-state index contributed by atoms with van der Waals surface area (Å²) < 4.78 is 5.53. The fraction of sp³-hybridized carbons (Fsp3) is 0.250. The van der Waals surface area contributed by atoms with Crippen LogP contribution in [0.15, 0.2) is 36.9 Å². The molecule has 1 rings (SSSR count). The Morgan fingerprint density at radius 3 is 2.82 bits per heavy atom. The molecule has 0 heterocycles. The van der Waals surface area contributed by atoms with E-state index in [1.54, 1.807) is 6.08 Å². The molecule has 0 fully saturated rings. The highest BCUT2D eigenvalue weighted by Crippen LogP contribution is 2.18. The van der Waals surface area contributed by atoms with Gasteiger partial charge in [-0.2, -0.15) is 0 Å². The number of carbonyl (C=O) groups excluding carboxylic acids is 1. The van der Waals surface area contributed by atoms with E-state index in [9.17, 15) is 4.79 Å². The van der Waals surface area contributed by atoms with Crippen LogP contribution in [0, 0.1) is 0 Å². The number of amides is 1. The van der Waals surface area contributed by atoms with Crippen molar-refractivity contribution in [2.45, 2.75) is 12.8 Å². The Bertz CT molecular complexity index is 369. The second kappa shape index (κ2) is 8.61. The van der Waals surface area contributed by atoms with Crippen LogP contribution < -0.4 is 16.0 Å². The molecule has 1 aromatic carbocycles. The van der Waals surface area contributed by atoms with Crippen molar-refractivity contribution in [3.8, 4) is 5.75 Å². The normalized spacial score (nSPS) is 9.00. The molecule has 0 aliphatic rings. The predicted molar refractivity (Wildman–Crippen MR) is 70.0 cm³/mol. The number of benzene rings is 1. The summed E-state index contributed by atoms with van der Waals surface area (Å²) in [5.41, 5.74) is 2.93. The number of nitrogens with one attached hydrogen (secondary N) is 1. The minimum atomic E-state index is -0.236. The third kappa shape index (κ3) is 5.38. The van der Waals surface area contributed by atoms with E-state index in [1.165, 1.54) is 0 Å². The average molecular weight is 257 g/mol. The van der Waals surface area contributed by atoms with Crippen LogP contribution in [0.4, 0.5) is 0 Å². The number of hydrogen-bond acceptors (Lipinski definition) is 3. The van der Waals surface area contributed by atoms with E-state index in [4.69, 9.17) is 10.6 Å². The number of carbonyl (C=O) groups is 1. The fourth-order valence-corrected chi connectivity index (χ4v) is 1.27. The molecule has 0 atom stereocenters. The zero-order chi connectivity index (χ0) is 11.8. The lowest BCUT2D eigenvalue weighted by Gasteiger charge is -2.09. The van der Waals surface area contributed by atoms with Crippen LogP contribution in [-0.4, -0.2) is 12.5 Å². The van der Waals surface area contributed by atoms with Gasteiger partial charge in [-0.15, -0.1) is 19.0 Å². The molecule has 0 saturated carbocycles. The number of rotatable bonds is 6. The fourth-order valence-electron chi connectivity index (χ4n) is 1.27. The van der Waals surface area contributed by atoms with Crippen LogP contribution in [0.5, 0.6) is 5.75 Å². The first-order chi connectivity index (χ1) is 7.77. The van der Waals surface area contributed by atoms with Gasteiger partial charge in [0.15, 0.2) is 0 Å². The molecule has 0 unspecified atom stereocenters. The summed E-state index contributed by atoms with van der Waals surface area (Å²) in [6.45, 7) is 4.18. The van der Waals surface area contributed by atoms with Crippen molar-refractivity contribution in [2.75, 3.05) is 6.61 Å². The molecule has 0 bridgehead atoms. The van der Waals surface area contributed by atoms with E-state index < -0.39 is 0 Å². The van der Waals surface area contributed by atoms with E-state index in [-0.39, 0.29) is 24.7 Å². The minimum absolute atomic E-state index is 0. The van der Waals surface area contributed by atoms with Gasteiger partial charge in [-0.05, 0) is 12.5 Å². The first kappa shape index (κ1) is 15.5. The maximum absolute atomic E-state index is 11.2. The van der Waals surface area contributed by atoms with Crippen LogP contribution in [-0.2, 0) is 11.2 Å². The molecule has 4 nitrogen and oxygen atoms in total. The third-order valence-electron chi connectivity index (χ3n) is 2.06. The van der Waals surface area contributed by atoms with E-state index >= 15 is 0 Å². The quantitative estimate of drug-likeness (QED) is 0.267. The van der Waals surface area contributed by atoms with E-state index in [0.29, 0.717) is 12.4 Å². The maximum Gasteiger partial charge on any atom is 0.238 e. The zero-order valence-electron chi connectivity index (χ0n) is 9.52. The minimum Gasteiger partial charge on any atom is -0.493 e. The maximum atomic E-state index is 11.2. The molecular formula is C12H17ClN2O2. The topological polar surface area (TPSA) is 64.3 Å². The Hall–Kier alpha value is -1.52. The lowest BCUT2D eigenvalue weighted by atomic mass is 10.1. The number of para-hydroxylation sites is 1. The van der Waals surface area contributed by atoms with Gasteiger partial charge in [0.1, 0.15) is 5.75 Å². The molecular weight excluding hydrogens is 240 g/mol. The molecule has 0 spiro atoms. The van der Waals surface area contributed by atoms with Crippen molar-refractivity contribution in [3.63, 3.8) is 0 Å². The Labute approximate surface area is 107 Å². The van der Waals surface area contributed by atoms with Gasteiger partial charge in [0, 0.05) is 5.56 Å². The van der Waals surface area contributed by atoms with Gasteiger partial charge in [-0.25, -0.2) is 5.84 Å². The third-order valence-corrected chi connectivity index (χ3v) is 2.06. The van der Waals surface area contributed by atoms with Crippen LogP contribution in [0.25, 0.3) is 0 Å². The molecule has 0 aromatic heterocycles. The van der Waals surface area contributed by atoms with Gasteiger partial charge in [-0.3, -0.25) is 10.2 Å². The van der Waals surface area contributed by atoms with Crippen molar-refractivity contribution in [1.82, 2.24) is 5.43 Å². The van der Waals surface area contributed by atoms with E-state index in [0.717, 1.165) is 12.0 Å². The first-order valence-electron chi connectivity index (χ1n) is 5.09. The monoisotopic (exact) mass is 256 g/mol. The number of hydrazine groups is 1. The highest BCUT2D eigenvalue weighted by Gasteiger charge is 2.06. The largest absolute Gasteiger partial charge is 0.493 e. The Kier molecular flexibility index (Phi) is 7.84. The highest BCUT2D eigenvalue weighted by molar-refractivity contribution is 5.85. The van der Waals surface area contributed by atoms with Gasteiger partial charge in [0.25, 0.3) is 0 Å². The summed E-state index contributed by atoms with van der Waals surface area (Å²) in [4.78, 5) is 11.2. The molecule has 17 heavy (non-hydrogen) atoms. The molecule has 1 amide bonds.